The van der Waals surface area contributed by atoms with Crippen LogP contribution < -0.4 is 10.1 Å². The van der Waals surface area contributed by atoms with Gasteiger partial charge in [-0.05, 0) is 59.5 Å². The highest BCUT2D eigenvalue weighted by molar-refractivity contribution is 8.18. The molecule has 1 amide bonds. The van der Waals surface area contributed by atoms with Crippen molar-refractivity contribution >= 4 is 46.4 Å². The molecule has 1 fully saturated rings. The van der Waals surface area contributed by atoms with Gasteiger partial charge in [0.1, 0.15) is 5.75 Å². The zero-order chi connectivity index (χ0) is 17.2. The second-order valence-electron chi connectivity index (χ2n) is 5.62. The van der Waals surface area contributed by atoms with Crippen molar-refractivity contribution in [3.8, 4) is 5.75 Å². The first-order valence-corrected chi connectivity index (χ1v) is 9.95. The van der Waals surface area contributed by atoms with Crippen LogP contribution in [-0.4, -0.2) is 23.9 Å². The molecule has 4 rings (SSSR count). The number of nitrogens with zero attached hydrogens (tertiary/aromatic N) is 1. The predicted octanol–water partition coefficient (Wildman–Crippen LogP) is 4.24. The van der Waals surface area contributed by atoms with E-state index in [0.717, 1.165) is 34.9 Å². The van der Waals surface area contributed by atoms with Crippen LogP contribution in [0.2, 0.25) is 0 Å². The molecule has 1 saturated heterocycles. The van der Waals surface area contributed by atoms with Gasteiger partial charge < -0.3 is 10.1 Å². The van der Waals surface area contributed by atoms with Crippen LogP contribution in [0.5, 0.6) is 5.75 Å². The fourth-order valence-electron chi connectivity index (χ4n) is 2.76. The van der Waals surface area contributed by atoms with Crippen molar-refractivity contribution in [1.29, 1.82) is 0 Å². The summed E-state index contributed by atoms with van der Waals surface area (Å²) in [6, 6.07) is 13.9. The number of ether oxygens (including phenoxy) is 1. The Kier molecular flexibility index (Phi) is 4.55. The normalized spacial score (nSPS) is 19.2. The van der Waals surface area contributed by atoms with Gasteiger partial charge in [0.25, 0.3) is 5.91 Å². The Labute approximate surface area is 154 Å². The van der Waals surface area contributed by atoms with Crippen molar-refractivity contribution in [1.82, 2.24) is 5.32 Å². The maximum absolute atomic E-state index is 12.3. The highest BCUT2D eigenvalue weighted by Gasteiger charge is 2.24. The molecule has 2 aliphatic rings. The zero-order valence-electron chi connectivity index (χ0n) is 13.6. The number of fused-ring (bicyclic) bond motifs is 1. The van der Waals surface area contributed by atoms with Crippen LogP contribution >= 0.6 is 23.5 Å². The largest absolute Gasteiger partial charge is 0.493 e. The lowest BCUT2D eigenvalue weighted by Gasteiger charge is -2.02. The summed E-state index contributed by atoms with van der Waals surface area (Å²) in [4.78, 5) is 18.6. The molecular weight excluding hydrogens is 352 g/mol. The van der Waals surface area contributed by atoms with E-state index in [-0.39, 0.29) is 5.91 Å². The standard InChI is InChI=1S/C19H16N2O2S2/c1-24-16-5-3-2-4-14(16)20-19-21-18(22)17(25-19)11-12-6-7-15-13(10-12)8-9-23-15/h2-7,10-11H,8-9H2,1H3,(H,20,21,22). The molecule has 0 atom stereocenters. The number of carbonyl (C=O) groups excluding carboxylic acids is 1. The van der Waals surface area contributed by atoms with Crippen LogP contribution in [0, 0.1) is 0 Å². The first-order chi connectivity index (χ1) is 12.2. The molecule has 1 N–H and O–H groups in total. The van der Waals surface area contributed by atoms with Crippen molar-refractivity contribution in [2.24, 2.45) is 4.99 Å². The van der Waals surface area contributed by atoms with Crippen molar-refractivity contribution in [2.45, 2.75) is 11.3 Å². The molecule has 2 heterocycles. The van der Waals surface area contributed by atoms with Crippen LogP contribution in [0.25, 0.3) is 6.08 Å². The minimum atomic E-state index is -0.109. The summed E-state index contributed by atoms with van der Waals surface area (Å²) < 4.78 is 5.52. The van der Waals surface area contributed by atoms with Gasteiger partial charge in [-0.1, -0.05) is 18.2 Å². The molecule has 2 aliphatic heterocycles. The fourth-order valence-corrected chi connectivity index (χ4v) is 4.13. The molecule has 4 nitrogen and oxygen atoms in total. The molecule has 0 spiro atoms. The fraction of sp³-hybridized carbons (Fsp3) is 0.158. The van der Waals surface area contributed by atoms with Crippen LogP contribution in [0.4, 0.5) is 5.69 Å². The van der Waals surface area contributed by atoms with Crippen LogP contribution in [0.15, 0.2) is 57.3 Å². The summed E-state index contributed by atoms with van der Waals surface area (Å²) >= 11 is 3.01. The third-order valence-electron chi connectivity index (χ3n) is 3.97. The third kappa shape index (κ3) is 3.45. The lowest BCUT2D eigenvalue weighted by molar-refractivity contribution is -0.115. The third-order valence-corrected chi connectivity index (χ3v) is 5.66. The Morgan fingerprint density at radius 1 is 1.28 bits per heavy atom. The summed E-state index contributed by atoms with van der Waals surface area (Å²) in [5.41, 5.74) is 3.07. The summed E-state index contributed by atoms with van der Waals surface area (Å²) in [5.74, 6) is 0.837. The van der Waals surface area contributed by atoms with Gasteiger partial charge >= 0.3 is 0 Å². The van der Waals surface area contributed by atoms with Crippen molar-refractivity contribution < 1.29 is 9.53 Å². The van der Waals surface area contributed by atoms with Gasteiger partial charge in [0, 0.05) is 11.3 Å². The van der Waals surface area contributed by atoms with E-state index in [9.17, 15) is 4.79 Å². The first-order valence-electron chi connectivity index (χ1n) is 7.91. The second-order valence-corrected chi connectivity index (χ2v) is 7.50. The quantitative estimate of drug-likeness (QED) is 0.650. The average molecular weight is 368 g/mol. The Balaban J connectivity index is 1.59. The number of carbonyl (C=O) groups is 1. The Morgan fingerprint density at radius 2 is 2.16 bits per heavy atom. The molecule has 0 aliphatic carbocycles. The highest BCUT2D eigenvalue weighted by Crippen LogP contribution is 2.33. The van der Waals surface area contributed by atoms with Gasteiger partial charge in [-0.25, -0.2) is 4.99 Å². The topological polar surface area (TPSA) is 50.7 Å². The second kappa shape index (κ2) is 6.98. The molecule has 2 aromatic rings. The molecule has 0 saturated carbocycles. The molecular formula is C19H16N2O2S2. The van der Waals surface area contributed by atoms with Gasteiger partial charge in [0.05, 0.1) is 17.2 Å². The van der Waals surface area contributed by atoms with Crippen molar-refractivity contribution in [3.63, 3.8) is 0 Å². The number of nitrogens with one attached hydrogen (secondary N) is 1. The van der Waals surface area contributed by atoms with Crippen LogP contribution in [0.3, 0.4) is 0 Å². The smallest absolute Gasteiger partial charge is 0.264 e. The number of benzene rings is 2. The lowest BCUT2D eigenvalue weighted by atomic mass is 10.1. The molecule has 0 aromatic heterocycles. The molecule has 0 radical (unpaired) electrons. The van der Waals surface area contributed by atoms with E-state index in [2.05, 4.69) is 16.4 Å². The summed E-state index contributed by atoms with van der Waals surface area (Å²) in [6.07, 6.45) is 4.84. The maximum atomic E-state index is 12.3. The van der Waals surface area contributed by atoms with E-state index in [1.807, 2.05) is 48.7 Å². The van der Waals surface area contributed by atoms with Gasteiger partial charge in [0.15, 0.2) is 5.17 Å². The number of amides is 1. The van der Waals surface area contributed by atoms with Crippen LogP contribution in [0.1, 0.15) is 11.1 Å². The highest BCUT2D eigenvalue weighted by atomic mass is 32.2. The molecule has 2 aromatic carbocycles. The van der Waals surface area contributed by atoms with Crippen LogP contribution in [-0.2, 0) is 11.2 Å². The van der Waals surface area contributed by atoms with Gasteiger partial charge in [0.2, 0.25) is 0 Å². The van der Waals surface area contributed by atoms with E-state index >= 15 is 0 Å². The number of para-hydroxylation sites is 1. The van der Waals surface area contributed by atoms with E-state index < -0.39 is 0 Å². The van der Waals surface area contributed by atoms with Crippen molar-refractivity contribution in [2.75, 3.05) is 12.9 Å². The zero-order valence-corrected chi connectivity index (χ0v) is 15.2. The van der Waals surface area contributed by atoms with Gasteiger partial charge in [-0.3, -0.25) is 4.79 Å². The minimum Gasteiger partial charge on any atom is -0.493 e. The first kappa shape index (κ1) is 16.3. The monoisotopic (exact) mass is 368 g/mol. The number of hydrogen-bond acceptors (Lipinski definition) is 5. The SMILES string of the molecule is CSc1ccccc1N=C1NC(=O)C(=Cc2ccc3c(c2)CCO3)S1. The maximum Gasteiger partial charge on any atom is 0.264 e. The number of rotatable bonds is 3. The molecule has 6 heteroatoms. The lowest BCUT2D eigenvalue weighted by Crippen LogP contribution is -2.19. The average Bonchev–Trinajstić information content (AvgIpc) is 3.22. The van der Waals surface area contributed by atoms with Crippen molar-refractivity contribution in [3.05, 3.63) is 58.5 Å². The number of amidine groups is 1. The summed E-state index contributed by atoms with van der Waals surface area (Å²) in [6.45, 7) is 0.732. The van der Waals surface area contributed by atoms with E-state index in [1.165, 1.54) is 17.3 Å². The van der Waals surface area contributed by atoms with Gasteiger partial charge in [-0.2, -0.15) is 0 Å². The Hall–Kier alpha value is -2.18. The van der Waals surface area contributed by atoms with E-state index in [4.69, 9.17) is 4.74 Å². The molecule has 0 unspecified atom stereocenters. The Morgan fingerprint density at radius 3 is 3.04 bits per heavy atom. The minimum absolute atomic E-state index is 0.109. The summed E-state index contributed by atoms with van der Waals surface area (Å²) in [7, 11) is 0. The van der Waals surface area contributed by atoms with E-state index in [0.29, 0.717) is 10.1 Å². The predicted molar refractivity (Wildman–Crippen MR) is 105 cm³/mol. The summed E-state index contributed by atoms with van der Waals surface area (Å²) in [5, 5.41) is 3.46. The van der Waals surface area contributed by atoms with Gasteiger partial charge in [-0.15, -0.1) is 11.8 Å². The number of aliphatic imine (C=N–C) groups is 1. The molecule has 126 valence electrons. The van der Waals surface area contributed by atoms with E-state index in [1.54, 1.807) is 11.8 Å². The number of hydrogen-bond donors (Lipinski definition) is 1. The molecule has 25 heavy (non-hydrogen) atoms. The Bertz CT molecular complexity index is 906. The molecule has 0 bridgehead atoms. The number of thioether (sulfide) groups is 2.